The molecule has 0 radical (unpaired) electrons. The van der Waals surface area contributed by atoms with Crippen molar-refractivity contribution in [1.29, 1.82) is 0 Å². The lowest BCUT2D eigenvalue weighted by Crippen LogP contribution is -2.51. The molecule has 0 aromatic heterocycles. The number of hydrogen-bond acceptors (Lipinski definition) is 6. The highest BCUT2D eigenvalue weighted by Crippen LogP contribution is 2.40. The summed E-state index contributed by atoms with van der Waals surface area (Å²) in [6.07, 6.45) is 2.05. The zero-order valence-corrected chi connectivity index (χ0v) is 18.5. The third-order valence-electron chi connectivity index (χ3n) is 6.37. The summed E-state index contributed by atoms with van der Waals surface area (Å²) in [4.78, 5) is 2.52. The fourth-order valence-electron chi connectivity index (χ4n) is 4.63. The quantitative estimate of drug-likeness (QED) is 0.642. The molecular weight excluding hydrogens is 394 g/mol. The monoisotopic (exact) mass is 427 g/mol. The number of hydrogen-bond donors (Lipinski definition) is 0. The van der Waals surface area contributed by atoms with Crippen LogP contribution in [0.25, 0.3) is 0 Å². The Bertz CT molecular complexity index is 822. The van der Waals surface area contributed by atoms with Crippen LogP contribution in [0.4, 0.5) is 0 Å². The Morgan fingerprint density at radius 2 is 1.74 bits per heavy atom. The number of benzene rings is 2. The van der Waals surface area contributed by atoms with Crippen molar-refractivity contribution in [3.63, 3.8) is 0 Å². The van der Waals surface area contributed by atoms with Crippen LogP contribution < -0.4 is 14.2 Å². The van der Waals surface area contributed by atoms with Crippen molar-refractivity contribution in [2.75, 3.05) is 60.3 Å². The van der Waals surface area contributed by atoms with Gasteiger partial charge in [0.05, 0.1) is 20.8 Å². The molecule has 0 saturated carbocycles. The second-order valence-corrected chi connectivity index (χ2v) is 8.31. The molecule has 2 aliphatic heterocycles. The highest BCUT2D eigenvalue weighted by molar-refractivity contribution is 5.45. The van der Waals surface area contributed by atoms with E-state index in [1.807, 2.05) is 36.4 Å². The van der Waals surface area contributed by atoms with E-state index in [-0.39, 0.29) is 11.5 Å². The Morgan fingerprint density at radius 3 is 2.48 bits per heavy atom. The molecule has 0 bridgehead atoms. The van der Waals surface area contributed by atoms with Gasteiger partial charge in [-0.25, -0.2) is 0 Å². The second kappa shape index (κ2) is 10.4. The number of rotatable bonds is 8. The van der Waals surface area contributed by atoms with Crippen molar-refractivity contribution in [2.45, 2.75) is 24.4 Å². The summed E-state index contributed by atoms with van der Waals surface area (Å²) in [5, 5.41) is 0. The molecule has 6 nitrogen and oxygen atoms in total. The van der Waals surface area contributed by atoms with E-state index in [1.54, 1.807) is 14.2 Å². The molecule has 2 fully saturated rings. The molecule has 1 atom stereocenters. The van der Waals surface area contributed by atoms with Crippen molar-refractivity contribution in [1.82, 2.24) is 4.90 Å². The minimum atomic E-state index is 0.0278. The van der Waals surface area contributed by atoms with Gasteiger partial charge >= 0.3 is 0 Å². The van der Waals surface area contributed by atoms with E-state index in [0.29, 0.717) is 6.61 Å². The van der Waals surface area contributed by atoms with Gasteiger partial charge in [-0.2, -0.15) is 0 Å². The Kier molecular flexibility index (Phi) is 7.33. The first-order valence-corrected chi connectivity index (χ1v) is 11.0. The molecular formula is C25H33NO5. The van der Waals surface area contributed by atoms with Gasteiger partial charge in [0.2, 0.25) is 0 Å². The van der Waals surface area contributed by atoms with E-state index in [2.05, 4.69) is 17.0 Å². The van der Waals surface area contributed by atoms with Crippen LogP contribution in [0.2, 0.25) is 0 Å². The van der Waals surface area contributed by atoms with E-state index < -0.39 is 0 Å². The first-order valence-electron chi connectivity index (χ1n) is 11.0. The zero-order valence-electron chi connectivity index (χ0n) is 18.5. The maximum absolute atomic E-state index is 6.00. The minimum Gasteiger partial charge on any atom is -0.493 e. The molecule has 0 aliphatic carbocycles. The van der Waals surface area contributed by atoms with E-state index in [4.69, 9.17) is 23.7 Å². The van der Waals surface area contributed by atoms with Gasteiger partial charge in [0.15, 0.2) is 11.5 Å². The van der Waals surface area contributed by atoms with Gasteiger partial charge in [0.25, 0.3) is 0 Å². The molecule has 2 aromatic carbocycles. The van der Waals surface area contributed by atoms with Crippen molar-refractivity contribution in [3.8, 4) is 17.2 Å². The highest BCUT2D eigenvalue weighted by atomic mass is 16.5. The van der Waals surface area contributed by atoms with Crippen LogP contribution in [0.3, 0.4) is 0 Å². The number of nitrogens with zero attached hydrogens (tertiary/aromatic N) is 1. The zero-order chi connectivity index (χ0) is 21.5. The minimum absolute atomic E-state index is 0.0278. The summed E-state index contributed by atoms with van der Waals surface area (Å²) < 4.78 is 28.7. The third-order valence-corrected chi connectivity index (χ3v) is 6.37. The van der Waals surface area contributed by atoms with Crippen LogP contribution >= 0.6 is 0 Å². The lowest BCUT2D eigenvalue weighted by atomic mass is 9.73. The smallest absolute Gasteiger partial charge is 0.161 e. The number of ether oxygens (including phenoxy) is 5. The molecule has 0 N–H and O–H groups in total. The lowest BCUT2D eigenvalue weighted by Gasteiger charge is -2.44. The molecule has 2 heterocycles. The van der Waals surface area contributed by atoms with Crippen molar-refractivity contribution in [3.05, 3.63) is 54.1 Å². The first-order chi connectivity index (χ1) is 15.2. The SMILES string of the molecule is COc1ccc(C2(CN3CCOC(COc4ccccc4)C3)CCOCC2)cc1OC. The topological polar surface area (TPSA) is 49.4 Å². The summed E-state index contributed by atoms with van der Waals surface area (Å²) in [7, 11) is 3.37. The van der Waals surface area contributed by atoms with Crippen LogP contribution in [0.1, 0.15) is 18.4 Å². The van der Waals surface area contributed by atoms with Gasteiger partial charge in [-0.1, -0.05) is 24.3 Å². The van der Waals surface area contributed by atoms with Crippen LogP contribution in [-0.2, 0) is 14.9 Å². The van der Waals surface area contributed by atoms with Gasteiger partial charge in [-0.05, 0) is 42.7 Å². The average Bonchev–Trinajstić information content (AvgIpc) is 2.84. The average molecular weight is 428 g/mol. The van der Waals surface area contributed by atoms with E-state index in [0.717, 1.165) is 69.5 Å². The predicted octanol–water partition coefficient (Wildman–Crippen LogP) is 3.53. The van der Waals surface area contributed by atoms with E-state index in [1.165, 1.54) is 5.56 Å². The van der Waals surface area contributed by atoms with E-state index in [9.17, 15) is 0 Å². The van der Waals surface area contributed by atoms with Crippen molar-refractivity contribution < 1.29 is 23.7 Å². The summed E-state index contributed by atoms with van der Waals surface area (Å²) in [6, 6.07) is 16.3. The predicted molar refractivity (Wildman–Crippen MR) is 119 cm³/mol. The van der Waals surface area contributed by atoms with Crippen LogP contribution in [0.15, 0.2) is 48.5 Å². The summed E-state index contributed by atoms with van der Waals surface area (Å²) in [5.41, 5.74) is 1.32. The normalized spacial score (nSPS) is 21.4. The number of methoxy groups -OCH3 is 2. The molecule has 0 spiro atoms. The maximum Gasteiger partial charge on any atom is 0.161 e. The molecule has 6 heteroatoms. The van der Waals surface area contributed by atoms with Gasteiger partial charge in [0.1, 0.15) is 18.5 Å². The third kappa shape index (κ3) is 5.32. The van der Waals surface area contributed by atoms with Crippen LogP contribution in [0, 0.1) is 0 Å². The fraction of sp³-hybridized carbons (Fsp3) is 0.520. The summed E-state index contributed by atoms with van der Waals surface area (Å²) in [6.45, 7) is 5.60. The van der Waals surface area contributed by atoms with Gasteiger partial charge < -0.3 is 23.7 Å². The Balaban J connectivity index is 1.46. The Morgan fingerprint density at radius 1 is 0.968 bits per heavy atom. The molecule has 1 unspecified atom stereocenters. The lowest BCUT2D eigenvalue weighted by molar-refractivity contribution is -0.0602. The molecule has 4 rings (SSSR count). The molecule has 168 valence electrons. The maximum atomic E-state index is 6.00. The summed E-state index contributed by atoms with van der Waals surface area (Å²) in [5.74, 6) is 2.43. The Labute approximate surface area is 185 Å². The molecule has 2 aromatic rings. The second-order valence-electron chi connectivity index (χ2n) is 8.31. The largest absolute Gasteiger partial charge is 0.493 e. The van der Waals surface area contributed by atoms with Crippen molar-refractivity contribution in [2.24, 2.45) is 0 Å². The van der Waals surface area contributed by atoms with E-state index >= 15 is 0 Å². The Hall–Kier alpha value is -2.28. The van der Waals surface area contributed by atoms with Crippen LogP contribution in [-0.4, -0.2) is 71.3 Å². The number of morpholine rings is 1. The molecule has 2 aliphatic rings. The summed E-state index contributed by atoms with van der Waals surface area (Å²) >= 11 is 0. The number of para-hydroxylation sites is 1. The van der Waals surface area contributed by atoms with Gasteiger partial charge in [0, 0.05) is 38.3 Å². The first kappa shape index (κ1) is 21.9. The van der Waals surface area contributed by atoms with Crippen LogP contribution in [0.5, 0.6) is 17.2 Å². The fourth-order valence-corrected chi connectivity index (χ4v) is 4.63. The standard InChI is InChI=1S/C25H33NO5/c1-27-23-9-8-20(16-24(23)28-2)25(10-13-29-14-11-25)19-26-12-15-30-22(17-26)18-31-21-6-4-3-5-7-21/h3-9,16,22H,10-15,17-19H2,1-2H3. The molecule has 0 amide bonds. The molecule has 2 saturated heterocycles. The highest BCUT2D eigenvalue weighted by Gasteiger charge is 2.38. The molecule has 31 heavy (non-hydrogen) atoms. The van der Waals surface area contributed by atoms with Gasteiger partial charge in [-0.3, -0.25) is 4.90 Å². The van der Waals surface area contributed by atoms with Crippen molar-refractivity contribution >= 4 is 0 Å². The van der Waals surface area contributed by atoms with Gasteiger partial charge in [-0.15, -0.1) is 0 Å².